The molecule has 0 aliphatic rings. The topological polar surface area (TPSA) is 78.1 Å². The molecule has 0 atom stereocenters. The Bertz CT molecular complexity index is 764. The second kappa shape index (κ2) is 10.3. The first-order valence-electron chi connectivity index (χ1n) is 8.54. The van der Waals surface area contributed by atoms with Crippen molar-refractivity contribution < 1.29 is 23.7 Å². The molecule has 0 saturated heterocycles. The Morgan fingerprint density at radius 1 is 0.852 bits per heavy atom. The minimum atomic E-state index is -0.158. The average Bonchev–Trinajstić information content (AvgIpc) is 2.70. The van der Waals surface area contributed by atoms with E-state index in [1.54, 1.807) is 46.6 Å². The Labute approximate surface area is 159 Å². The van der Waals surface area contributed by atoms with Crippen molar-refractivity contribution in [1.29, 1.82) is 0 Å². The van der Waals surface area contributed by atoms with Gasteiger partial charge < -0.3 is 29.6 Å². The Morgan fingerprint density at radius 3 is 2.22 bits per heavy atom. The van der Waals surface area contributed by atoms with Gasteiger partial charge in [-0.25, -0.2) is 0 Å². The summed E-state index contributed by atoms with van der Waals surface area (Å²) >= 11 is 0. The number of carbonyl (C=O) groups is 1. The van der Waals surface area contributed by atoms with E-state index in [9.17, 15) is 4.79 Å². The number of nitrogens with one attached hydrogen (secondary N) is 2. The highest BCUT2D eigenvalue weighted by Gasteiger charge is 2.09. The molecule has 2 rings (SSSR count). The second-order valence-electron chi connectivity index (χ2n) is 5.73. The van der Waals surface area contributed by atoms with Crippen molar-refractivity contribution in [2.45, 2.75) is 6.42 Å². The van der Waals surface area contributed by atoms with E-state index in [4.69, 9.17) is 18.9 Å². The lowest BCUT2D eigenvalue weighted by Gasteiger charge is -2.12. The van der Waals surface area contributed by atoms with E-state index in [2.05, 4.69) is 10.6 Å². The summed E-state index contributed by atoms with van der Waals surface area (Å²) in [5.74, 6) is 2.45. The molecule has 0 bridgehead atoms. The number of ether oxygens (including phenoxy) is 4. The van der Waals surface area contributed by atoms with E-state index in [0.29, 0.717) is 35.2 Å². The first kappa shape index (κ1) is 20.4. The van der Waals surface area contributed by atoms with E-state index in [0.717, 1.165) is 12.0 Å². The Hall–Kier alpha value is -2.93. The highest BCUT2D eigenvalue weighted by Crippen LogP contribution is 2.29. The zero-order valence-electron chi connectivity index (χ0n) is 16.1. The SMILES string of the molecule is COc1ccc(OC)c(NC(=O)CNCCc2ccc(OC)c(OC)c2)c1. The summed E-state index contributed by atoms with van der Waals surface area (Å²) in [4.78, 5) is 12.2. The molecule has 146 valence electrons. The van der Waals surface area contributed by atoms with Crippen LogP contribution in [-0.2, 0) is 11.2 Å². The first-order valence-corrected chi connectivity index (χ1v) is 8.54. The molecule has 0 saturated carbocycles. The van der Waals surface area contributed by atoms with Gasteiger partial charge in [-0.2, -0.15) is 0 Å². The second-order valence-corrected chi connectivity index (χ2v) is 5.73. The first-order chi connectivity index (χ1) is 13.1. The maximum absolute atomic E-state index is 12.2. The van der Waals surface area contributed by atoms with Gasteiger partial charge in [0.05, 0.1) is 40.7 Å². The molecular formula is C20H26N2O5. The molecule has 0 aromatic heterocycles. The van der Waals surface area contributed by atoms with Crippen molar-refractivity contribution >= 4 is 11.6 Å². The predicted octanol–water partition coefficient (Wildman–Crippen LogP) is 2.49. The van der Waals surface area contributed by atoms with Gasteiger partial charge in [0, 0.05) is 6.07 Å². The van der Waals surface area contributed by atoms with E-state index in [-0.39, 0.29) is 12.5 Å². The van der Waals surface area contributed by atoms with Crippen LogP contribution >= 0.6 is 0 Å². The van der Waals surface area contributed by atoms with Gasteiger partial charge in [-0.05, 0) is 42.8 Å². The summed E-state index contributed by atoms with van der Waals surface area (Å²) in [5.41, 5.74) is 1.67. The number of methoxy groups -OCH3 is 4. The molecule has 0 spiro atoms. The van der Waals surface area contributed by atoms with Crippen molar-refractivity contribution in [2.24, 2.45) is 0 Å². The number of rotatable bonds is 10. The van der Waals surface area contributed by atoms with Gasteiger partial charge in [0.15, 0.2) is 11.5 Å². The molecule has 0 unspecified atom stereocenters. The molecular weight excluding hydrogens is 348 g/mol. The minimum absolute atomic E-state index is 0.158. The summed E-state index contributed by atoms with van der Waals surface area (Å²) in [5, 5.41) is 5.96. The fraction of sp³-hybridized carbons (Fsp3) is 0.350. The number of benzene rings is 2. The van der Waals surface area contributed by atoms with Crippen LogP contribution in [-0.4, -0.2) is 47.4 Å². The van der Waals surface area contributed by atoms with Crippen molar-refractivity contribution in [3.8, 4) is 23.0 Å². The smallest absolute Gasteiger partial charge is 0.238 e. The van der Waals surface area contributed by atoms with E-state index < -0.39 is 0 Å². The van der Waals surface area contributed by atoms with Crippen molar-refractivity contribution in [3.63, 3.8) is 0 Å². The van der Waals surface area contributed by atoms with Crippen LogP contribution in [0.4, 0.5) is 5.69 Å². The van der Waals surface area contributed by atoms with E-state index >= 15 is 0 Å². The third-order valence-corrected chi connectivity index (χ3v) is 4.00. The predicted molar refractivity (Wildman–Crippen MR) is 104 cm³/mol. The average molecular weight is 374 g/mol. The number of anilines is 1. The van der Waals surface area contributed by atoms with Gasteiger partial charge >= 0.3 is 0 Å². The van der Waals surface area contributed by atoms with Gasteiger partial charge in [0.25, 0.3) is 0 Å². The lowest BCUT2D eigenvalue weighted by Crippen LogP contribution is -2.29. The summed E-state index contributed by atoms with van der Waals surface area (Å²) < 4.78 is 21.0. The molecule has 2 aromatic rings. The van der Waals surface area contributed by atoms with Crippen LogP contribution in [0.5, 0.6) is 23.0 Å². The number of amides is 1. The van der Waals surface area contributed by atoms with Crippen LogP contribution in [0.25, 0.3) is 0 Å². The van der Waals surface area contributed by atoms with Gasteiger partial charge in [-0.3, -0.25) is 4.79 Å². The summed E-state index contributed by atoms with van der Waals surface area (Å²) in [6.45, 7) is 0.839. The molecule has 0 aliphatic heterocycles. The Kier molecular flexibility index (Phi) is 7.76. The Morgan fingerprint density at radius 2 is 1.56 bits per heavy atom. The largest absolute Gasteiger partial charge is 0.497 e. The molecule has 7 heteroatoms. The number of hydrogen-bond acceptors (Lipinski definition) is 6. The third-order valence-electron chi connectivity index (χ3n) is 4.00. The highest BCUT2D eigenvalue weighted by atomic mass is 16.5. The van der Waals surface area contributed by atoms with Crippen LogP contribution in [0, 0.1) is 0 Å². The lowest BCUT2D eigenvalue weighted by atomic mass is 10.1. The van der Waals surface area contributed by atoms with Gasteiger partial charge in [-0.1, -0.05) is 6.07 Å². The molecule has 7 nitrogen and oxygen atoms in total. The van der Waals surface area contributed by atoms with Crippen molar-refractivity contribution in [1.82, 2.24) is 5.32 Å². The number of hydrogen-bond donors (Lipinski definition) is 2. The van der Waals surface area contributed by atoms with E-state index in [1.807, 2.05) is 18.2 Å². The third kappa shape index (κ3) is 5.79. The minimum Gasteiger partial charge on any atom is -0.497 e. The molecule has 0 fully saturated rings. The Balaban J connectivity index is 1.83. The molecule has 1 amide bonds. The van der Waals surface area contributed by atoms with Gasteiger partial charge in [0.2, 0.25) is 5.91 Å². The van der Waals surface area contributed by atoms with E-state index in [1.165, 1.54) is 0 Å². The zero-order chi connectivity index (χ0) is 19.6. The normalized spacial score (nSPS) is 10.2. The van der Waals surface area contributed by atoms with Crippen LogP contribution in [0.2, 0.25) is 0 Å². The fourth-order valence-electron chi connectivity index (χ4n) is 2.58. The van der Waals surface area contributed by atoms with Gasteiger partial charge in [-0.15, -0.1) is 0 Å². The zero-order valence-corrected chi connectivity index (χ0v) is 16.1. The van der Waals surface area contributed by atoms with Crippen molar-refractivity contribution in [2.75, 3.05) is 46.8 Å². The maximum Gasteiger partial charge on any atom is 0.238 e. The standard InChI is InChI=1S/C20H26N2O5/c1-24-15-6-8-17(25-2)16(12-15)22-20(23)13-21-10-9-14-5-7-18(26-3)19(11-14)27-4/h5-8,11-12,21H,9-10,13H2,1-4H3,(H,22,23). The monoisotopic (exact) mass is 374 g/mol. The summed E-state index contributed by atoms with van der Waals surface area (Å²) in [7, 11) is 6.34. The fourth-order valence-corrected chi connectivity index (χ4v) is 2.58. The van der Waals surface area contributed by atoms with Crippen LogP contribution < -0.4 is 29.6 Å². The number of carbonyl (C=O) groups excluding carboxylic acids is 1. The lowest BCUT2D eigenvalue weighted by molar-refractivity contribution is -0.115. The highest BCUT2D eigenvalue weighted by molar-refractivity contribution is 5.94. The molecule has 2 aromatic carbocycles. The van der Waals surface area contributed by atoms with Crippen LogP contribution in [0.15, 0.2) is 36.4 Å². The maximum atomic E-state index is 12.2. The summed E-state index contributed by atoms with van der Waals surface area (Å²) in [6.07, 6.45) is 0.760. The van der Waals surface area contributed by atoms with Crippen LogP contribution in [0.3, 0.4) is 0 Å². The molecule has 27 heavy (non-hydrogen) atoms. The summed E-state index contributed by atoms with van der Waals surface area (Å²) in [6, 6.07) is 11.0. The molecule has 0 aliphatic carbocycles. The molecule has 2 N–H and O–H groups in total. The quantitative estimate of drug-likeness (QED) is 0.622. The molecule has 0 heterocycles. The van der Waals surface area contributed by atoms with Gasteiger partial charge in [0.1, 0.15) is 11.5 Å². The van der Waals surface area contributed by atoms with Crippen LogP contribution in [0.1, 0.15) is 5.56 Å². The van der Waals surface area contributed by atoms with Crippen molar-refractivity contribution in [3.05, 3.63) is 42.0 Å². The molecule has 0 radical (unpaired) electrons.